The number of rotatable bonds is 4. The average Bonchev–Trinajstić information content (AvgIpc) is 2.65. The number of esters is 1. The Morgan fingerprint density at radius 3 is 2.46 bits per heavy atom. The van der Waals surface area contributed by atoms with Gasteiger partial charge in [-0.1, -0.05) is 67.4 Å². The van der Waals surface area contributed by atoms with Crippen LogP contribution in [-0.2, 0) is 20.7 Å². The summed E-state index contributed by atoms with van der Waals surface area (Å²) in [5, 5.41) is 0.736. The molecule has 0 amide bonds. The first-order valence-electron chi connectivity index (χ1n) is 9.61. The van der Waals surface area contributed by atoms with E-state index in [9.17, 15) is 4.79 Å². The molecule has 1 saturated heterocycles. The topological polar surface area (TPSA) is 35.5 Å². The first kappa shape index (κ1) is 21.2. The Bertz CT molecular complexity index is 836. The molecule has 0 bridgehead atoms. The number of carbonyl (C=O) groups is 1. The van der Waals surface area contributed by atoms with Crippen LogP contribution < -0.4 is 0 Å². The lowest BCUT2D eigenvalue weighted by Gasteiger charge is -2.43. The van der Waals surface area contributed by atoms with Gasteiger partial charge in [0, 0.05) is 23.8 Å². The third-order valence-electron chi connectivity index (χ3n) is 5.47. The molecule has 0 radical (unpaired) electrons. The van der Waals surface area contributed by atoms with E-state index < -0.39 is 0 Å². The highest BCUT2D eigenvalue weighted by Crippen LogP contribution is 2.42. The second-order valence-electron chi connectivity index (χ2n) is 7.75. The lowest BCUT2D eigenvalue weighted by atomic mass is 9.83. The summed E-state index contributed by atoms with van der Waals surface area (Å²) in [5.74, 6) is -0.255. The van der Waals surface area contributed by atoms with Crippen molar-refractivity contribution in [2.24, 2.45) is 11.8 Å². The average molecular weight is 419 g/mol. The molecule has 2 aromatic rings. The minimum Gasteiger partial charge on any atom is -0.462 e. The molecule has 2 aromatic carbocycles. The maximum Gasteiger partial charge on any atom is 0.302 e. The first-order valence-corrected chi connectivity index (χ1v) is 10.5. The third kappa shape index (κ3) is 4.73. The number of benzene rings is 2. The normalized spacial score (nSPS) is 27.4. The summed E-state index contributed by atoms with van der Waals surface area (Å²) in [5.41, 5.74) is 4.22. The largest absolute Gasteiger partial charge is 0.462 e. The lowest BCUT2D eigenvalue weighted by molar-refractivity contribution is -0.176. The summed E-state index contributed by atoms with van der Waals surface area (Å²) in [6, 6.07) is 14.5. The van der Waals surface area contributed by atoms with Gasteiger partial charge in [0.25, 0.3) is 0 Å². The number of halogens is 1. The van der Waals surface area contributed by atoms with Crippen molar-refractivity contribution >= 4 is 30.2 Å². The van der Waals surface area contributed by atoms with Crippen LogP contribution in [0.15, 0.2) is 42.5 Å². The molecular weight excluding hydrogens is 392 g/mol. The Morgan fingerprint density at radius 2 is 1.82 bits per heavy atom. The molecule has 1 fully saturated rings. The monoisotopic (exact) mass is 418 g/mol. The zero-order valence-corrected chi connectivity index (χ0v) is 18.3. The van der Waals surface area contributed by atoms with Crippen molar-refractivity contribution in [3.63, 3.8) is 0 Å². The molecule has 1 aliphatic rings. The van der Waals surface area contributed by atoms with Crippen LogP contribution >= 0.6 is 24.2 Å². The van der Waals surface area contributed by atoms with Gasteiger partial charge in [0.15, 0.2) is 0 Å². The van der Waals surface area contributed by atoms with E-state index in [0.29, 0.717) is 0 Å². The van der Waals surface area contributed by atoms with Gasteiger partial charge in [-0.3, -0.25) is 4.79 Å². The number of ether oxygens (including phenoxy) is 2. The Morgan fingerprint density at radius 1 is 1.14 bits per heavy atom. The molecule has 1 unspecified atom stereocenters. The summed E-state index contributed by atoms with van der Waals surface area (Å²) < 4.78 is 11.8. The van der Waals surface area contributed by atoms with Crippen molar-refractivity contribution in [1.82, 2.24) is 0 Å². The fraction of sp³-hybridized carbons (Fsp3) is 0.435. The minimum absolute atomic E-state index is 0.00991. The summed E-state index contributed by atoms with van der Waals surface area (Å²) in [4.78, 5) is 11.6. The molecule has 0 saturated carbocycles. The number of aryl methyl sites for hydroxylation is 1. The van der Waals surface area contributed by atoms with Crippen LogP contribution in [0.25, 0.3) is 0 Å². The highest BCUT2D eigenvalue weighted by Gasteiger charge is 2.42. The van der Waals surface area contributed by atoms with E-state index in [1.54, 1.807) is 0 Å². The Labute approximate surface area is 177 Å². The summed E-state index contributed by atoms with van der Waals surface area (Å²) in [6.45, 7) is 7.58. The van der Waals surface area contributed by atoms with E-state index in [0.717, 1.165) is 22.6 Å². The molecule has 28 heavy (non-hydrogen) atoms. The van der Waals surface area contributed by atoms with Gasteiger partial charge in [-0.25, -0.2) is 0 Å². The summed E-state index contributed by atoms with van der Waals surface area (Å²) in [7, 11) is 0. The van der Waals surface area contributed by atoms with E-state index >= 15 is 0 Å². The molecule has 1 aliphatic heterocycles. The fourth-order valence-corrected chi connectivity index (χ4v) is 4.32. The van der Waals surface area contributed by atoms with E-state index in [1.165, 1.54) is 18.1 Å². The van der Waals surface area contributed by atoms with Gasteiger partial charge in [0.05, 0.1) is 6.10 Å². The Kier molecular flexibility index (Phi) is 6.74. The van der Waals surface area contributed by atoms with Crippen molar-refractivity contribution in [2.45, 2.75) is 51.8 Å². The van der Waals surface area contributed by atoms with E-state index in [2.05, 4.69) is 56.8 Å². The predicted molar refractivity (Wildman–Crippen MR) is 116 cm³/mol. The quantitative estimate of drug-likeness (QED) is 0.505. The number of thiol groups is 1. The van der Waals surface area contributed by atoms with Crippen LogP contribution in [0.2, 0.25) is 5.02 Å². The van der Waals surface area contributed by atoms with E-state index in [4.69, 9.17) is 21.1 Å². The Hall–Kier alpha value is -1.49. The predicted octanol–water partition coefficient (Wildman–Crippen LogP) is 5.77. The molecule has 5 atom stereocenters. The fourth-order valence-electron chi connectivity index (χ4n) is 3.83. The van der Waals surface area contributed by atoms with Crippen LogP contribution in [0.3, 0.4) is 0 Å². The lowest BCUT2D eigenvalue weighted by Crippen LogP contribution is -2.45. The van der Waals surface area contributed by atoms with Gasteiger partial charge in [-0.05, 0) is 36.1 Å². The maximum absolute atomic E-state index is 11.6. The molecule has 3 rings (SSSR count). The maximum atomic E-state index is 11.6. The van der Waals surface area contributed by atoms with Gasteiger partial charge in [-0.15, -0.1) is 12.6 Å². The summed E-state index contributed by atoms with van der Waals surface area (Å²) in [6.07, 6.45) is 0.300. The number of hydrogen-bond donors (Lipinski definition) is 1. The highest BCUT2D eigenvalue weighted by atomic mass is 35.5. The third-order valence-corrected chi connectivity index (χ3v) is 6.43. The second kappa shape index (κ2) is 8.89. The summed E-state index contributed by atoms with van der Waals surface area (Å²) >= 11 is 11.1. The van der Waals surface area contributed by atoms with Crippen molar-refractivity contribution < 1.29 is 14.3 Å². The van der Waals surface area contributed by atoms with Gasteiger partial charge in [0.2, 0.25) is 0 Å². The number of hydrogen-bond acceptors (Lipinski definition) is 4. The molecule has 0 N–H and O–H groups in total. The van der Waals surface area contributed by atoms with Crippen molar-refractivity contribution in [2.75, 3.05) is 0 Å². The van der Waals surface area contributed by atoms with Gasteiger partial charge in [0.1, 0.15) is 11.5 Å². The van der Waals surface area contributed by atoms with Crippen LogP contribution in [0.1, 0.15) is 49.1 Å². The molecule has 150 valence electrons. The minimum atomic E-state index is -0.304. The second-order valence-corrected chi connectivity index (χ2v) is 8.67. The molecule has 0 spiro atoms. The van der Waals surface area contributed by atoms with Crippen LogP contribution in [0.4, 0.5) is 0 Å². The van der Waals surface area contributed by atoms with E-state index in [-0.39, 0.29) is 35.4 Å². The van der Waals surface area contributed by atoms with Gasteiger partial charge >= 0.3 is 5.97 Å². The van der Waals surface area contributed by atoms with Crippen LogP contribution in [0, 0.1) is 18.8 Å². The van der Waals surface area contributed by atoms with Crippen molar-refractivity contribution in [1.29, 1.82) is 0 Å². The molecule has 1 heterocycles. The molecule has 3 nitrogen and oxygen atoms in total. The van der Waals surface area contributed by atoms with Crippen molar-refractivity contribution in [3.05, 3.63) is 69.7 Å². The molecular formula is C23H27ClO3S. The molecule has 0 aromatic heterocycles. The van der Waals surface area contributed by atoms with Crippen molar-refractivity contribution in [3.8, 4) is 0 Å². The van der Waals surface area contributed by atoms with E-state index in [1.807, 2.05) is 19.1 Å². The molecule has 5 heteroatoms. The Balaban J connectivity index is 1.87. The van der Waals surface area contributed by atoms with Crippen LogP contribution in [0.5, 0.6) is 0 Å². The SMILES string of the molecule is CC(=O)O[C@@H]1[C@@H](C)[C@H](c2ccc(Cl)c(Cc3ccc(C)cc3)c2)OC(S)[C@H]1C. The zero-order valence-electron chi connectivity index (χ0n) is 16.7. The molecule has 0 aliphatic carbocycles. The van der Waals surface area contributed by atoms with Gasteiger partial charge in [-0.2, -0.15) is 0 Å². The highest BCUT2D eigenvalue weighted by molar-refractivity contribution is 7.80. The van der Waals surface area contributed by atoms with Gasteiger partial charge < -0.3 is 9.47 Å². The first-order chi connectivity index (χ1) is 13.3. The van der Waals surface area contributed by atoms with Crippen LogP contribution in [-0.4, -0.2) is 17.5 Å². The smallest absolute Gasteiger partial charge is 0.302 e. The zero-order chi connectivity index (χ0) is 20.4. The number of carbonyl (C=O) groups excluding carboxylic acids is 1. The standard InChI is InChI=1S/C23H27ClO3S/c1-13-5-7-17(8-6-13)11-19-12-18(9-10-20(19)24)22-14(2)21(26-16(4)25)15(3)23(28)27-22/h5-10,12,14-15,21-23,28H,11H2,1-4H3/t14-,15+,21-,22-,23?/m1/s1.